The lowest BCUT2D eigenvalue weighted by Gasteiger charge is -2.71. The number of hydrazine groups is 1. The minimum Gasteiger partial charge on any atom is -0.484 e. The molecule has 4 saturated carbocycles. The highest BCUT2D eigenvalue weighted by Crippen LogP contribution is 2.60. The summed E-state index contributed by atoms with van der Waals surface area (Å²) in [5, 5.41) is 13.4. The van der Waals surface area contributed by atoms with Crippen molar-refractivity contribution in [2.45, 2.75) is 106 Å². The number of nitrogens with zero attached hydrogens (tertiary/aromatic N) is 1. The van der Waals surface area contributed by atoms with E-state index in [2.05, 4.69) is 26.4 Å². The summed E-state index contributed by atoms with van der Waals surface area (Å²) in [5.74, 6) is 0.387. The van der Waals surface area contributed by atoms with Crippen LogP contribution in [0.3, 0.4) is 0 Å². The van der Waals surface area contributed by atoms with E-state index in [4.69, 9.17) is 16.3 Å². The number of hydrogen-bond acceptors (Lipinski definition) is 6. The number of rotatable bonds is 7. The summed E-state index contributed by atoms with van der Waals surface area (Å²) in [6, 6.07) is 5.28. The lowest BCUT2D eigenvalue weighted by Crippen LogP contribution is -2.86. The minimum absolute atomic E-state index is 0.0400. The zero-order chi connectivity index (χ0) is 25.5. The molecule has 2 bridgehead atoms. The summed E-state index contributed by atoms with van der Waals surface area (Å²) in [5.41, 5.74) is 3.91. The average molecular weight is 534 g/mol. The molecule has 6 aliphatic rings. The molecule has 1 amide bonds. The van der Waals surface area contributed by atoms with E-state index < -0.39 is 5.82 Å². The van der Waals surface area contributed by atoms with E-state index in [1.54, 1.807) is 6.07 Å². The molecule has 2 saturated heterocycles. The van der Waals surface area contributed by atoms with Gasteiger partial charge in [0.1, 0.15) is 11.6 Å². The quantitative estimate of drug-likeness (QED) is 0.426. The van der Waals surface area contributed by atoms with Crippen LogP contribution in [-0.4, -0.2) is 59.9 Å². The van der Waals surface area contributed by atoms with Gasteiger partial charge >= 0.3 is 0 Å². The number of halogens is 2. The third kappa shape index (κ3) is 5.50. The Morgan fingerprint density at radius 1 is 1.11 bits per heavy atom. The number of ether oxygens (including phenoxy) is 1. The standard InChI is InChI=1S/C28H41ClFN5O2/c29-21-10-9-20(13-22(21)30)37-15-25(36)32-27-16-28(17-27,18-27)33-26-24-14-23(34-35(24)12-11-31-26)19-7-5-3-1-2-4-6-8-19/h9-10,13,19,23-24,26,31,33-34H,1-8,11-12,14-18H2,(H,32,36). The number of fused-ring (bicyclic) bond motifs is 1. The first-order valence-electron chi connectivity index (χ1n) is 14.4. The van der Waals surface area contributed by atoms with Crippen LogP contribution >= 0.6 is 11.6 Å². The Bertz CT molecular complexity index is 966. The summed E-state index contributed by atoms with van der Waals surface area (Å²) in [7, 11) is 0. The van der Waals surface area contributed by atoms with Crippen LogP contribution < -0.4 is 26.1 Å². The van der Waals surface area contributed by atoms with Gasteiger partial charge in [0.2, 0.25) is 0 Å². The number of benzene rings is 1. The molecule has 3 atom stereocenters. The summed E-state index contributed by atoms with van der Waals surface area (Å²) < 4.78 is 19.1. The van der Waals surface area contributed by atoms with Crippen molar-refractivity contribution in [2.24, 2.45) is 5.92 Å². The topological polar surface area (TPSA) is 77.7 Å². The molecule has 2 heterocycles. The van der Waals surface area contributed by atoms with Crippen molar-refractivity contribution in [3.63, 3.8) is 0 Å². The van der Waals surface area contributed by atoms with Gasteiger partial charge in [-0.3, -0.25) is 20.9 Å². The van der Waals surface area contributed by atoms with E-state index in [1.807, 2.05) is 0 Å². The largest absolute Gasteiger partial charge is 0.484 e. The molecule has 0 radical (unpaired) electrons. The third-order valence-electron chi connectivity index (χ3n) is 9.46. The van der Waals surface area contributed by atoms with Crippen LogP contribution in [0.1, 0.15) is 77.0 Å². The SMILES string of the molecule is O=C(COc1ccc(Cl)c(F)c1)NC12CC(NC3NCCN4NC(C5CCCCCCCC5)CC34)(C1)C2. The van der Waals surface area contributed by atoms with Crippen molar-refractivity contribution in [1.29, 1.82) is 0 Å². The molecule has 7 rings (SSSR count). The molecular formula is C28H41ClFN5O2. The summed E-state index contributed by atoms with van der Waals surface area (Å²) in [6.45, 7) is 1.91. The first-order chi connectivity index (χ1) is 17.9. The van der Waals surface area contributed by atoms with Crippen LogP contribution in [0.2, 0.25) is 5.02 Å². The van der Waals surface area contributed by atoms with Gasteiger partial charge in [0, 0.05) is 36.3 Å². The summed E-state index contributed by atoms with van der Waals surface area (Å²) in [4.78, 5) is 12.5. The van der Waals surface area contributed by atoms with Crippen molar-refractivity contribution in [3.8, 4) is 5.75 Å². The van der Waals surface area contributed by atoms with Crippen LogP contribution in [0.5, 0.6) is 5.75 Å². The number of carbonyl (C=O) groups excluding carboxylic acids is 1. The van der Waals surface area contributed by atoms with E-state index in [0.29, 0.717) is 17.8 Å². The Labute approximate surface area is 224 Å². The van der Waals surface area contributed by atoms with Gasteiger partial charge in [0.15, 0.2) is 6.61 Å². The molecular weight excluding hydrogens is 493 g/mol. The van der Waals surface area contributed by atoms with Gasteiger partial charge in [-0.25, -0.2) is 9.40 Å². The fraction of sp³-hybridized carbons (Fsp3) is 0.750. The number of hydrogen-bond donors (Lipinski definition) is 4. The number of nitrogens with one attached hydrogen (secondary N) is 4. The van der Waals surface area contributed by atoms with Crippen LogP contribution in [-0.2, 0) is 4.79 Å². The molecule has 204 valence electrons. The first kappa shape index (κ1) is 25.8. The molecule has 1 aromatic rings. The summed E-state index contributed by atoms with van der Waals surface area (Å²) >= 11 is 5.71. The fourth-order valence-corrected chi connectivity index (χ4v) is 7.85. The number of piperazine rings is 1. The van der Waals surface area contributed by atoms with E-state index in [0.717, 1.165) is 38.3 Å². The molecule has 4 aliphatic carbocycles. The van der Waals surface area contributed by atoms with Gasteiger partial charge in [0.25, 0.3) is 5.91 Å². The second kappa shape index (κ2) is 10.6. The van der Waals surface area contributed by atoms with Gasteiger partial charge in [-0.2, -0.15) is 0 Å². The van der Waals surface area contributed by atoms with E-state index in [1.165, 1.54) is 69.9 Å². The third-order valence-corrected chi connectivity index (χ3v) is 9.76. The van der Waals surface area contributed by atoms with E-state index in [-0.39, 0.29) is 34.8 Å². The van der Waals surface area contributed by atoms with Crippen LogP contribution in [0, 0.1) is 11.7 Å². The van der Waals surface area contributed by atoms with Crippen molar-refractivity contribution in [3.05, 3.63) is 29.0 Å². The fourth-order valence-electron chi connectivity index (χ4n) is 7.73. The van der Waals surface area contributed by atoms with Crippen molar-refractivity contribution in [2.75, 3.05) is 19.7 Å². The minimum atomic E-state index is -0.550. The van der Waals surface area contributed by atoms with Crippen LogP contribution in [0.15, 0.2) is 18.2 Å². The highest BCUT2D eigenvalue weighted by molar-refractivity contribution is 6.30. The molecule has 4 N–H and O–H groups in total. The Balaban J connectivity index is 0.972. The Morgan fingerprint density at radius 3 is 2.57 bits per heavy atom. The Morgan fingerprint density at radius 2 is 1.84 bits per heavy atom. The lowest BCUT2D eigenvalue weighted by atomic mass is 9.44. The molecule has 37 heavy (non-hydrogen) atoms. The molecule has 2 aliphatic heterocycles. The predicted molar refractivity (Wildman–Crippen MR) is 142 cm³/mol. The monoisotopic (exact) mass is 533 g/mol. The van der Waals surface area contributed by atoms with E-state index >= 15 is 0 Å². The number of carbonyl (C=O) groups is 1. The van der Waals surface area contributed by atoms with Crippen LogP contribution in [0.25, 0.3) is 0 Å². The van der Waals surface area contributed by atoms with Gasteiger partial charge in [-0.1, -0.05) is 50.1 Å². The van der Waals surface area contributed by atoms with Gasteiger partial charge < -0.3 is 10.1 Å². The Hall–Kier alpha value is -1.45. The highest BCUT2D eigenvalue weighted by atomic mass is 35.5. The van der Waals surface area contributed by atoms with Gasteiger partial charge in [-0.05, 0) is 56.6 Å². The molecule has 7 nitrogen and oxygen atoms in total. The molecule has 9 heteroatoms. The zero-order valence-electron chi connectivity index (χ0n) is 21.7. The van der Waals surface area contributed by atoms with E-state index in [9.17, 15) is 9.18 Å². The second-order valence-electron chi connectivity index (χ2n) is 12.3. The van der Waals surface area contributed by atoms with Gasteiger partial charge in [-0.15, -0.1) is 0 Å². The van der Waals surface area contributed by atoms with Crippen molar-refractivity contribution in [1.82, 2.24) is 26.4 Å². The maximum Gasteiger partial charge on any atom is 0.258 e. The molecule has 0 spiro atoms. The highest BCUT2D eigenvalue weighted by Gasteiger charge is 2.69. The molecule has 3 unspecified atom stereocenters. The van der Waals surface area contributed by atoms with Crippen molar-refractivity contribution < 1.29 is 13.9 Å². The normalized spacial score (nSPS) is 36.3. The predicted octanol–water partition coefficient (Wildman–Crippen LogP) is 3.87. The first-order valence-corrected chi connectivity index (χ1v) is 14.7. The average Bonchev–Trinajstić information content (AvgIpc) is 3.32. The van der Waals surface area contributed by atoms with Crippen LogP contribution in [0.4, 0.5) is 4.39 Å². The van der Waals surface area contributed by atoms with Crippen molar-refractivity contribution >= 4 is 17.5 Å². The maximum atomic E-state index is 13.6. The maximum absolute atomic E-state index is 13.6. The molecule has 0 aromatic heterocycles. The smallest absolute Gasteiger partial charge is 0.258 e. The molecule has 1 aromatic carbocycles. The molecule has 6 fully saturated rings. The number of amides is 1. The Kier molecular flexibility index (Phi) is 7.40. The van der Waals surface area contributed by atoms with Gasteiger partial charge in [0.05, 0.1) is 17.2 Å². The summed E-state index contributed by atoms with van der Waals surface area (Å²) in [6.07, 6.45) is 15.4. The lowest BCUT2D eigenvalue weighted by molar-refractivity contribution is -0.147. The zero-order valence-corrected chi connectivity index (χ0v) is 22.4. The second-order valence-corrected chi connectivity index (χ2v) is 12.7.